The molecule has 0 amide bonds. The maximum atomic E-state index is 10.6. The van der Waals surface area contributed by atoms with Gasteiger partial charge in [0.05, 0.1) is 6.42 Å². The monoisotopic (exact) mass is 270 g/mol. The van der Waals surface area contributed by atoms with Gasteiger partial charge in [-0.3, -0.25) is 9.89 Å². The van der Waals surface area contributed by atoms with E-state index in [0.717, 1.165) is 22.2 Å². The van der Waals surface area contributed by atoms with E-state index in [2.05, 4.69) is 20.2 Å². The van der Waals surface area contributed by atoms with Crippen molar-refractivity contribution in [3.63, 3.8) is 0 Å². The number of nitrogens with one attached hydrogen (secondary N) is 2. The Morgan fingerprint density at radius 1 is 1.35 bits per heavy atom. The van der Waals surface area contributed by atoms with Crippen molar-refractivity contribution in [2.45, 2.75) is 19.8 Å². The number of aromatic amines is 2. The topological polar surface area (TPSA) is 94.7 Å². The van der Waals surface area contributed by atoms with Crippen molar-refractivity contribution >= 4 is 16.9 Å². The maximum absolute atomic E-state index is 10.6. The first-order chi connectivity index (χ1) is 9.65. The summed E-state index contributed by atoms with van der Waals surface area (Å²) in [5, 5.41) is 16.7. The molecule has 20 heavy (non-hydrogen) atoms. The lowest BCUT2D eigenvalue weighted by atomic mass is 10.1. The highest BCUT2D eigenvalue weighted by atomic mass is 16.4. The molecule has 0 bridgehead atoms. The van der Waals surface area contributed by atoms with Crippen molar-refractivity contribution in [2.75, 3.05) is 0 Å². The number of carboxylic acids is 1. The first-order valence-corrected chi connectivity index (χ1v) is 6.36. The van der Waals surface area contributed by atoms with Crippen LogP contribution in [-0.4, -0.2) is 31.2 Å². The number of para-hydroxylation sites is 1. The summed E-state index contributed by atoms with van der Waals surface area (Å²) in [4.78, 5) is 18.3. The highest BCUT2D eigenvalue weighted by Crippen LogP contribution is 2.29. The Morgan fingerprint density at radius 3 is 2.95 bits per heavy atom. The molecule has 0 aliphatic carbocycles. The van der Waals surface area contributed by atoms with Gasteiger partial charge in [-0.1, -0.05) is 18.2 Å². The number of hydrogen-bond acceptors (Lipinski definition) is 3. The fraction of sp³-hybridized carbons (Fsp3) is 0.214. The highest BCUT2D eigenvalue weighted by Gasteiger charge is 2.14. The predicted molar refractivity (Wildman–Crippen MR) is 74.4 cm³/mol. The lowest BCUT2D eigenvalue weighted by Crippen LogP contribution is -1.98. The van der Waals surface area contributed by atoms with E-state index in [9.17, 15) is 4.79 Å². The molecule has 2 aromatic heterocycles. The summed E-state index contributed by atoms with van der Waals surface area (Å²) in [5.41, 5.74) is 2.99. The van der Waals surface area contributed by atoms with Crippen molar-refractivity contribution < 1.29 is 9.90 Å². The van der Waals surface area contributed by atoms with Gasteiger partial charge in [0, 0.05) is 28.6 Å². The largest absolute Gasteiger partial charge is 0.481 e. The van der Waals surface area contributed by atoms with Crippen LogP contribution >= 0.6 is 0 Å². The van der Waals surface area contributed by atoms with Crippen molar-refractivity contribution in [3.8, 4) is 11.4 Å². The Morgan fingerprint density at radius 2 is 2.15 bits per heavy atom. The van der Waals surface area contributed by atoms with Crippen LogP contribution in [0, 0.1) is 6.92 Å². The van der Waals surface area contributed by atoms with E-state index >= 15 is 0 Å². The highest BCUT2D eigenvalue weighted by molar-refractivity contribution is 5.95. The third kappa shape index (κ3) is 2.16. The molecule has 6 nitrogen and oxygen atoms in total. The number of rotatable bonds is 4. The van der Waals surface area contributed by atoms with Gasteiger partial charge in [0.15, 0.2) is 5.82 Å². The van der Waals surface area contributed by atoms with Gasteiger partial charge >= 0.3 is 5.97 Å². The van der Waals surface area contributed by atoms with Gasteiger partial charge in [-0.15, -0.1) is 0 Å². The van der Waals surface area contributed by atoms with Crippen LogP contribution < -0.4 is 0 Å². The number of carboxylic acid groups (broad SMARTS) is 1. The van der Waals surface area contributed by atoms with E-state index in [0.29, 0.717) is 18.1 Å². The van der Waals surface area contributed by atoms with Gasteiger partial charge < -0.3 is 10.1 Å². The summed E-state index contributed by atoms with van der Waals surface area (Å²) in [6.07, 6.45) is 0.394. The number of fused-ring (bicyclic) bond motifs is 1. The number of carbonyl (C=O) groups is 1. The molecule has 2 heterocycles. The second-order valence-corrected chi connectivity index (χ2v) is 4.67. The quantitative estimate of drug-likeness (QED) is 0.677. The van der Waals surface area contributed by atoms with Crippen molar-refractivity contribution in [1.29, 1.82) is 0 Å². The Hall–Kier alpha value is -2.63. The second kappa shape index (κ2) is 4.80. The molecule has 0 atom stereocenters. The summed E-state index contributed by atoms with van der Waals surface area (Å²) in [6.45, 7) is 1.97. The maximum Gasteiger partial charge on any atom is 0.303 e. The fourth-order valence-corrected chi connectivity index (χ4v) is 2.31. The van der Waals surface area contributed by atoms with E-state index in [-0.39, 0.29) is 6.42 Å². The molecule has 0 aliphatic rings. The number of hydrogen-bond donors (Lipinski definition) is 3. The van der Waals surface area contributed by atoms with Crippen LogP contribution in [0.3, 0.4) is 0 Å². The van der Waals surface area contributed by atoms with Gasteiger partial charge in [0.25, 0.3) is 0 Å². The smallest absolute Gasteiger partial charge is 0.303 e. The first-order valence-electron chi connectivity index (χ1n) is 6.36. The Kier molecular flexibility index (Phi) is 2.98. The van der Waals surface area contributed by atoms with E-state index in [1.165, 1.54) is 0 Å². The zero-order chi connectivity index (χ0) is 14.1. The van der Waals surface area contributed by atoms with E-state index < -0.39 is 5.97 Å². The molecule has 3 N–H and O–H groups in total. The number of H-pyrrole nitrogens is 2. The van der Waals surface area contributed by atoms with Crippen molar-refractivity contribution in [3.05, 3.63) is 35.8 Å². The molecule has 102 valence electrons. The number of benzene rings is 1. The Bertz CT molecular complexity index is 772. The minimum absolute atomic E-state index is 0.0432. The van der Waals surface area contributed by atoms with Crippen LogP contribution in [0.15, 0.2) is 24.3 Å². The lowest BCUT2D eigenvalue weighted by molar-refractivity contribution is -0.137. The normalized spacial score (nSPS) is 11.1. The molecule has 0 unspecified atom stereocenters. The number of nitrogens with zero attached hydrogens (tertiary/aromatic N) is 2. The van der Waals surface area contributed by atoms with Gasteiger partial charge in [-0.2, -0.15) is 5.10 Å². The van der Waals surface area contributed by atoms with E-state index in [1.807, 2.05) is 31.2 Å². The van der Waals surface area contributed by atoms with Crippen LogP contribution in [0.25, 0.3) is 22.3 Å². The fourth-order valence-electron chi connectivity index (χ4n) is 2.31. The molecule has 1 aromatic carbocycles. The minimum Gasteiger partial charge on any atom is -0.481 e. The van der Waals surface area contributed by atoms with Gasteiger partial charge in [-0.05, 0) is 13.0 Å². The number of aryl methyl sites for hydroxylation is 2. The van der Waals surface area contributed by atoms with Crippen LogP contribution in [0.5, 0.6) is 0 Å². The zero-order valence-electron chi connectivity index (χ0n) is 11.0. The molecule has 0 fully saturated rings. The van der Waals surface area contributed by atoms with Gasteiger partial charge in [0.2, 0.25) is 0 Å². The number of aromatic nitrogens is 4. The molecule has 6 heteroatoms. The van der Waals surface area contributed by atoms with Crippen molar-refractivity contribution in [2.24, 2.45) is 0 Å². The van der Waals surface area contributed by atoms with Crippen LogP contribution in [0.1, 0.15) is 17.9 Å². The molecule has 0 spiro atoms. The SMILES string of the molecule is Cc1[nH]c2ccccc2c1-c1n[nH]c(CCC(=O)O)n1. The molecule has 3 rings (SSSR count). The molecule has 0 radical (unpaired) electrons. The zero-order valence-corrected chi connectivity index (χ0v) is 11.0. The summed E-state index contributed by atoms with van der Waals surface area (Å²) in [7, 11) is 0. The molecular weight excluding hydrogens is 256 g/mol. The third-order valence-corrected chi connectivity index (χ3v) is 3.22. The first kappa shape index (κ1) is 12.4. The van der Waals surface area contributed by atoms with E-state index in [4.69, 9.17) is 5.11 Å². The average Bonchev–Trinajstić information content (AvgIpc) is 2.99. The van der Waals surface area contributed by atoms with E-state index in [1.54, 1.807) is 0 Å². The average molecular weight is 270 g/mol. The van der Waals surface area contributed by atoms with Gasteiger partial charge in [0.1, 0.15) is 5.82 Å². The van der Waals surface area contributed by atoms with Gasteiger partial charge in [-0.25, -0.2) is 4.98 Å². The van der Waals surface area contributed by atoms with Crippen molar-refractivity contribution in [1.82, 2.24) is 20.2 Å². The summed E-state index contributed by atoms with van der Waals surface area (Å²) in [5.74, 6) is 0.346. The second-order valence-electron chi connectivity index (χ2n) is 4.67. The molecule has 0 aliphatic heterocycles. The third-order valence-electron chi connectivity index (χ3n) is 3.22. The van der Waals surface area contributed by atoms with Crippen LogP contribution in [0.4, 0.5) is 0 Å². The summed E-state index contributed by atoms with van der Waals surface area (Å²) < 4.78 is 0. The lowest BCUT2D eigenvalue weighted by Gasteiger charge is -1.94. The minimum atomic E-state index is -0.841. The predicted octanol–water partition coefficient (Wildman–Crippen LogP) is 2.28. The Labute approximate surface area is 114 Å². The summed E-state index contributed by atoms with van der Waals surface area (Å²) in [6, 6.07) is 7.96. The summed E-state index contributed by atoms with van der Waals surface area (Å²) >= 11 is 0. The molecule has 0 saturated carbocycles. The van der Waals surface area contributed by atoms with Crippen LogP contribution in [0.2, 0.25) is 0 Å². The standard InChI is InChI=1S/C14H14N4O2/c1-8-13(9-4-2-3-5-10(9)15-8)14-16-11(17-18-14)6-7-12(19)20/h2-5,15H,6-7H2,1H3,(H,19,20)(H,16,17,18). The Balaban J connectivity index is 1.99. The van der Waals surface area contributed by atoms with Crippen LogP contribution in [-0.2, 0) is 11.2 Å². The number of aliphatic carboxylic acids is 1. The molecule has 0 saturated heterocycles. The molecule has 3 aromatic rings. The molecular formula is C14H14N4O2.